The number of hydrogen-bond donors (Lipinski definition) is 2. The number of nitrogens with one attached hydrogen (secondary N) is 2. The van der Waals surface area contributed by atoms with Crippen LogP contribution in [0.1, 0.15) is 24.2 Å². The fourth-order valence-corrected chi connectivity index (χ4v) is 3.17. The van der Waals surface area contributed by atoms with Crippen LogP contribution in [0.3, 0.4) is 0 Å². The van der Waals surface area contributed by atoms with E-state index in [1.807, 2.05) is 18.2 Å². The molecule has 1 atom stereocenters. The molecule has 0 aliphatic heterocycles. The third kappa shape index (κ3) is 6.28. The van der Waals surface area contributed by atoms with E-state index in [9.17, 15) is 0 Å². The second-order valence-electron chi connectivity index (χ2n) is 5.82. The molecule has 3 rings (SSSR count). The van der Waals surface area contributed by atoms with Crippen molar-refractivity contribution in [1.82, 2.24) is 25.8 Å². The molecular formula is C18H23IN6OS. The van der Waals surface area contributed by atoms with Gasteiger partial charge in [-0.2, -0.15) is 16.3 Å². The quantitative estimate of drug-likeness (QED) is 0.295. The summed E-state index contributed by atoms with van der Waals surface area (Å²) in [5.41, 5.74) is 2.02. The van der Waals surface area contributed by atoms with Crippen LogP contribution in [-0.4, -0.2) is 41.2 Å². The topological polar surface area (TPSA) is 88.2 Å². The zero-order valence-corrected chi connectivity index (χ0v) is 18.4. The molecule has 27 heavy (non-hydrogen) atoms. The lowest BCUT2D eigenvalue weighted by Crippen LogP contribution is -2.39. The van der Waals surface area contributed by atoms with Gasteiger partial charge in [0.05, 0.1) is 0 Å². The van der Waals surface area contributed by atoms with Gasteiger partial charge in [-0.25, -0.2) is 0 Å². The monoisotopic (exact) mass is 498 g/mol. The summed E-state index contributed by atoms with van der Waals surface area (Å²) in [6, 6.07) is 7.74. The van der Waals surface area contributed by atoms with Crippen molar-refractivity contribution in [2.75, 3.05) is 20.1 Å². The molecule has 0 saturated carbocycles. The van der Waals surface area contributed by atoms with Gasteiger partial charge in [-0.1, -0.05) is 18.1 Å². The molecule has 3 aromatic heterocycles. The molecule has 0 fully saturated rings. The van der Waals surface area contributed by atoms with Gasteiger partial charge in [0.1, 0.15) is 5.69 Å². The molecular weight excluding hydrogens is 475 g/mol. The van der Waals surface area contributed by atoms with E-state index in [1.54, 1.807) is 24.6 Å². The van der Waals surface area contributed by atoms with Gasteiger partial charge in [0.2, 0.25) is 0 Å². The molecule has 0 bridgehead atoms. The van der Waals surface area contributed by atoms with E-state index in [2.05, 4.69) is 54.5 Å². The highest BCUT2D eigenvalue weighted by Crippen LogP contribution is 2.17. The first-order valence-corrected chi connectivity index (χ1v) is 9.41. The normalized spacial score (nSPS) is 12.3. The van der Waals surface area contributed by atoms with Crippen LogP contribution < -0.4 is 10.6 Å². The molecule has 0 radical (unpaired) electrons. The number of rotatable bonds is 7. The van der Waals surface area contributed by atoms with Gasteiger partial charge in [-0.3, -0.25) is 9.98 Å². The smallest absolute Gasteiger partial charge is 0.276 e. The Hall–Kier alpha value is -2.01. The Morgan fingerprint density at radius 1 is 1.30 bits per heavy atom. The summed E-state index contributed by atoms with van der Waals surface area (Å²) in [7, 11) is 1.76. The zero-order chi connectivity index (χ0) is 18.2. The van der Waals surface area contributed by atoms with E-state index in [0.717, 1.165) is 12.5 Å². The average molecular weight is 498 g/mol. The van der Waals surface area contributed by atoms with Gasteiger partial charge >= 0.3 is 0 Å². The predicted octanol–water partition coefficient (Wildman–Crippen LogP) is 3.32. The minimum atomic E-state index is 0. The van der Waals surface area contributed by atoms with Crippen molar-refractivity contribution in [3.8, 4) is 11.6 Å². The summed E-state index contributed by atoms with van der Waals surface area (Å²) < 4.78 is 5.26. The zero-order valence-electron chi connectivity index (χ0n) is 15.3. The molecule has 1 unspecified atom stereocenters. The summed E-state index contributed by atoms with van der Waals surface area (Å²) >= 11 is 1.72. The third-order valence-electron chi connectivity index (χ3n) is 3.90. The highest BCUT2D eigenvalue weighted by molar-refractivity contribution is 14.0. The number of nitrogens with zero attached hydrogens (tertiary/aromatic N) is 4. The van der Waals surface area contributed by atoms with Crippen LogP contribution in [0, 0.1) is 0 Å². The van der Waals surface area contributed by atoms with Crippen molar-refractivity contribution in [3.63, 3.8) is 0 Å². The van der Waals surface area contributed by atoms with Gasteiger partial charge in [-0.05, 0) is 40.4 Å². The standard InChI is InChI=1S/C18H22N6OS.HI/c1-13(14-7-10-26-12-14)11-22-18(19-2)21-9-6-16-23-17(25-24-16)15-5-3-4-8-20-15;/h3-5,7-8,10,12-13H,6,9,11H2,1-2H3,(H2,19,21,22);1H. The minimum absolute atomic E-state index is 0. The van der Waals surface area contributed by atoms with Crippen LogP contribution in [-0.2, 0) is 6.42 Å². The summed E-state index contributed by atoms with van der Waals surface area (Å²) in [4.78, 5) is 12.8. The van der Waals surface area contributed by atoms with Crippen LogP contribution in [0.25, 0.3) is 11.6 Å². The fourth-order valence-electron chi connectivity index (χ4n) is 2.39. The second kappa shape index (κ2) is 11.0. The Balaban J connectivity index is 0.00000261. The average Bonchev–Trinajstić information content (AvgIpc) is 3.37. The summed E-state index contributed by atoms with van der Waals surface area (Å²) in [6.07, 6.45) is 2.34. The molecule has 0 saturated heterocycles. The molecule has 0 aliphatic rings. The molecule has 7 nitrogen and oxygen atoms in total. The number of thiophene rings is 1. The van der Waals surface area contributed by atoms with Crippen molar-refractivity contribution >= 4 is 41.3 Å². The lowest BCUT2D eigenvalue weighted by molar-refractivity contribution is 0.421. The maximum Gasteiger partial charge on any atom is 0.276 e. The maximum absolute atomic E-state index is 5.26. The van der Waals surface area contributed by atoms with Crippen molar-refractivity contribution in [2.24, 2.45) is 4.99 Å². The number of aromatic nitrogens is 3. The first-order valence-electron chi connectivity index (χ1n) is 8.47. The van der Waals surface area contributed by atoms with Crippen LogP contribution in [0.2, 0.25) is 0 Å². The van der Waals surface area contributed by atoms with Crippen molar-refractivity contribution < 1.29 is 4.52 Å². The van der Waals surface area contributed by atoms with E-state index < -0.39 is 0 Å². The Morgan fingerprint density at radius 2 is 2.19 bits per heavy atom. The molecule has 0 spiro atoms. The third-order valence-corrected chi connectivity index (χ3v) is 4.61. The molecule has 0 amide bonds. The van der Waals surface area contributed by atoms with Crippen LogP contribution in [0.5, 0.6) is 0 Å². The molecule has 0 aliphatic carbocycles. The molecule has 144 valence electrons. The van der Waals surface area contributed by atoms with Crippen molar-refractivity contribution in [2.45, 2.75) is 19.3 Å². The Labute approximate surface area is 179 Å². The first-order chi connectivity index (χ1) is 12.8. The van der Waals surface area contributed by atoms with Crippen LogP contribution >= 0.6 is 35.3 Å². The molecule has 2 N–H and O–H groups in total. The largest absolute Gasteiger partial charge is 0.356 e. The van der Waals surface area contributed by atoms with Gasteiger partial charge in [0, 0.05) is 32.8 Å². The SMILES string of the molecule is CN=C(NCCc1noc(-c2ccccn2)n1)NCC(C)c1ccsc1.I. The molecule has 3 heterocycles. The molecule has 3 aromatic rings. The van der Waals surface area contributed by atoms with E-state index in [0.29, 0.717) is 36.3 Å². The number of aliphatic imine (C=N–C) groups is 1. The van der Waals surface area contributed by atoms with Crippen LogP contribution in [0.4, 0.5) is 0 Å². The molecule has 0 aromatic carbocycles. The lowest BCUT2D eigenvalue weighted by atomic mass is 10.1. The number of hydrogen-bond acceptors (Lipinski definition) is 6. The number of pyridine rings is 1. The first kappa shape index (κ1) is 21.3. The highest BCUT2D eigenvalue weighted by atomic mass is 127. The Bertz CT molecular complexity index is 822. The van der Waals surface area contributed by atoms with Crippen LogP contribution in [0.15, 0.2) is 50.7 Å². The van der Waals surface area contributed by atoms with Gasteiger partial charge in [0.25, 0.3) is 5.89 Å². The summed E-state index contributed by atoms with van der Waals surface area (Å²) in [6.45, 7) is 3.68. The van der Waals surface area contributed by atoms with E-state index in [4.69, 9.17) is 4.52 Å². The predicted molar refractivity (Wildman–Crippen MR) is 119 cm³/mol. The number of halogens is 1. The highest BCUT2D eigenvalue weighted by Gasteiger charge is 2.10. The Morgan fingerprint density at radius 3 is 2.89 bits per heavy atom. The van der Waals surface area contributed by atoms with E-state index >= 15 is 0 Å². The van der Waals surface area contributed by atoms with Crippen molar-refractivity contribution in [1.29, 1.82) is 0 Å². The Kier molecular flexibility index (Phi) is 8.65. The number of guanidine groups is 1. The van der Waals surface area contributed by atoms with Gasteiger partial charge in [-0.15, -0.1) is 24.0 Å². The fraction of sp³-hybridized carbons (Fsp3) is 0.333. The summed E-state index contributed by atoms with van der Waals surface area (Å²) in [5, 5.41) is 14.9. The van der Waals surface area contributed by atoms with Gasteiger partial charge in [0.15, 0.2) is 11.8 Å². The lowest BCUT2D eigenvalue weighted by Gasteiger charge is -2.15. The van der Waals surface area contributed by atoms with Crippen molar-refractivity contribution in [3.05, 3.63) is 52.6 Å². The maximum atomic E-state index is 5.26. The van der Waals surface area contributed by atoms with E-state index in [1.165, 1.54) is 5.56 Å². The minimum Gasteiger partial charge on any atom is -0.356 e. The second-order valence-corrected chi connectivity index (χ2v) is 6.60. The van der Waals surface area contributed by atoms with E-state index in [-0.39, 0.29) is 24.0 Å². The molecule has 9 heteroatoms. The summed E-state index contributed by atoms with van der Waals surface area (Å²) in [5.74, 6) is 2.27. The van der Waals surface area contributed by atoms with Gasteiger partial charge < -0.3 is 15.2 Å².